The van der Waals surface area contributed by atoms with E-state index in [1.54, 1.807) is 7.11 Å². The first-order valence-electron chi connectivity index (χ1n) is 12.3. The Labute approximate surface area is 225 Å². The lowest BCUT2D eigenvalue weighted by Crippen LogP contribution is -2.27. The second-order valence-corrected chi connectivity index (χ2v) is 9.58. The third-order valence-corrected chi connectivity index (χ3v) is 6.93. The first kappa shape index (κ1) is 25.4. The molecule has 192 valence electrons. The molecule has 7 nitrogen and oxygen atoms in total. The number of hydrogen-bond donors (Lipinski definition) is 1. The zero-order chi connectivity index (χ0) is 26.8. The van der Waals surface area contributed by atoms with E-state index in [1.807, 2.05) is 79.7 Å². The van der Waals surface area contributed by atoms with Crippen LogP contribution < -0.4 is 4.74 Å². The molecule has 0 saturated heterocycles. The van der Waals surface area contributed by atoms with Crippen LogP contribution in [0.15, 0.2) is 77.9 Å². The molecule has 0 saturated carbocycles. The van der Waals surface area contributed by atoms with E-state index >= 15 is 0 Å². The van der Waals surface area contributed by atoms with Crippen molar-refractivity contribution in [3.05, 3.63) is 94.6 Å². The van der Waals surface area contributed by atoms with E-state index in [0.29, 0.717) is 22.9 Å². The summed E-state index contributed by atoms with van der Waals surface area (Å²) in [5, 5.41) is 16.9. The number of methoxy groups -OCH3 is 1. The van der Waals surface area contributed by atoms with E-state index in [1.165, 1.54) is 5.01 Å². The fraction of sp³-hybridized carbons (Fsp3) is 0.200. The van der Waals surface area contributed by atoms with Crippen LogP contribution in [-0.2, 0) is 9.59 Å². The first-order valence-corrected chi connectivity index (χ1v) is 12.6. The Balaban J connectivity index is 1.67. The predicted molar refractivity (Wildman–Crippen MR) is 148 cm³/mol. The van der Waals surface area contributed by atoms with E-state index in [2.05, 4.69) is 0 Å². The smallest absolute Gasteiger partial charge is 0.303 e. The number of aromatic nitrogens is 1. The van der Waals surface area contributed by atoms with Crippen molar-refractivity contribution in [3.8, 4) is 16.9 Å². The molecular weight excluding hydrogens is 502 g/mol. The third kappa shape index (κ3) is 4.97. The number of aryl methyl sites for hydroxylation is 1. The van der Waals surface area contributed by atoms with Crippen molar-refractivity contribution in [2.45, 2.75) is 32.2 Å². The molecule has 38 heavy (non-hydrogen) atoms. The van der Waals surface area contributed by atoms with Gasteiger partial charge in [0, 0.05) is 40.1 Å². The van der Waals surface area contributed by atoms with Gasteiger partial charge in [-0.1, -0.05) is 54.1 Å². The van der Waals surface area contributed by atoms with Crippen molar-refractivity contribution >= 4 is 40.1 Å². The zero-order valence-electron chi connectivity index (χ0n) is 21.0. The van der Waals surface area contributed by atoms with Crippen LogP contribution in [0.4, 0.5) is 0 Å². The zero-order valence-corrected chi connectivity index (χ0v) is 21.8. The van der Waals surface area contributed by atoms with Crippen molar-refractivity contribution in [3.63, 3.8) is 0 Å². The topological polar surface area (TPSA) is 92.1 Å². The van der Waals surface area contributed by atoms with Crippen molar-refractivity contribution in [2.75, 3.05) is 7.11 Å². The summed E-state index contributed by atoms with van der Waals surface area (Å²) >= 11 is 6.41. The van der Waals surface area contributed by atoms with Gasteiger partial charge in [-0.05, 0) is 48.4 Å². The molecule has 2 heterocycles. The summed E-state index contributed by atoms with van der Waals surface area (Å²) in [6, 6.07) is 22.7. The fourth-order valence-corrected chi connectivity index (χ4v) is 5.09. The van der Waals surface area contributed by atoms with Gasteiger partial charge in [-0.25, -0.2) is 5.01 Å². The molecule has 1 amide bonds. The number of carbonyl (C=O) groups is 2. The second-order valence-electron chi connectivity index (χ2n) is 9.15. The molecule has 1 N–H and O–H groups in total. The first-order chi connectivity index (χ1) is 18.4. The SMILES string of the molecule is COc1ccc(C2CC(c3c(C)nc4ccc(Cl)cc4c3-c3ccccc3)=NN2C(=O)CCC(=O)O)cc1. The number of amides is 1. The Hall–Kier alpha value is -4.23. The van der Waals surface area contributed by atoms with Crippen LogP contribution in [0.5, 0.6) is 5.75 Å². The fourth-order valence-electron chi connectivity index (χ4n) is 4.92. The Morgan fingerprint density at radius 2 is 1.76 bits per heavy atom. The number of fused-ring (bicyclic) bond motifs is 1. The average molecular weight is 528 g/mol. The standard InChI is InChI=1S/C30H26ClN3O4/c1-18-29(30(20-6-4-3-5-7-20)23-16-21(31)10-13-24(23)32-18)25-17-26(19-8-11-22(38-2)12-9-19)34(33-25)27(35)14-15-28(36)37/h3-13,16,26H,14-15,17H2,1-2H3,(H,36,37). The summed E-state index contributed by atoms with van der Waals surface area (Å²) < 4.78 is 5.30. The minimum atomic E-state index is -1.03. The Morgan fingerprint density at radius 1 is 1.03 bits per heavy atom. The van der Waals surface area contributed by atoms with E-state index < -0.39 is 12.0 Å². The predicted octanol–water partition coefficient (Wildman–Crippen LogP) is 6.41. The van der Waals surface area contributed by atoms with Crippen LogP contribution in [0, 0.1) is 6.92 Å². The average Bonchev–Trinajstić information content (AvgIpc) is 3.37. The highest BCUT2D eigenvalue weighted by molar-refractivity contribution is 6.31. The molecule has 3 aromatic carbocycles. The van der Waals surface area contributed by atoms with Crippen LogP contribution in [-0.4, -0.2) is 39.8 Å². The maximum Gasteiger partial charge on any atom is 0.303 e. The minimum Gasteiger partial charge on any atom is -0.497 e. The maximum atomic E-state index is 13.2. The molecule has 1 aliphatic heterocycles. The molecule has 8 heteroatoms. The highest BCUT2D eigenvalue weighted by Gasteiger charge is 2.35. The molecule has 1 aliphatic rings. The van der Waals surface area contributed by atoms with E-state index in [-0.39, 0.29) is 18.7 Å². The van der Waals surface area contributed by atoms with Crippen molar-refractivity contribution in [2.24, 2.45) is 5.10 Å². The lowest BCUT2D eigenvalue weighted by molar-refractivity contribution is -0.141. The summed E-state index contributed by atoms with van der Waals surface area (Å²) in [5.41, 5.74) is 5.96. The number of ether oxygens (including phenoxy) is 1. The van der Waals surface area contributed by atoms with Gasteiger partial charge in [-0.15, -0.1) is 0 Å². The molecule has 0 spiro atoms. The summed E-state index contributed by atoms with van der Waals surface area (Å²) in [6.45, 7) is 1.94. The number of aliphatic carboxylic acids is 1. The quantitative estimate of drug-likeness (QED) is 0.299. The lowest BCUT2D eigenvalue weighted by atomic mass is 9.89. The highest BCUT2D eigenvalue weighted by Crippen LogP contribution is 2.40. The summed E-state index contributed by atoms with van der Waals surface area (Å²) in [4.78, 5) is 29.3. The Kier molecular flexibility index (Phi) is 7.11. The van der Waals surface area contributed by atoms with Gasteiger partial charge in [0.15, 0.2) is 0 Å². The molecule has 1 aromatic heterocycles. The van der Waals surface area contributed by atoms with Crippen LogP contribution >= 0.6 is 11.6 Å². The highest BCUT2D eigenvalue weighted by atomic mass is 35.5. The van der Waals surface area contributed by atoms with Crippen LogP contribution in [0.3, 0.4) is 0 Å². The second kappa shape index (κ2) is 10.6. The monoisotopic (exact) mass is 527 g/mol. The molecule has 4 aromatic rings. The number of carboxylic acid groups (broad SMARTS) is 1. The van der Waals surface area contributed by atoms with Crippen LogP contribution in [0.1, 0.15) is 42.1 Å². The van der Waals surface area contributed by atoms with Gasteiger partial charge in [-0.2, -0.15) is 5.10 Å². The van der Waals surface area contributed by atoms with E-state index in [0.717, 1.165) is 38.9 Å². The number of rotatable bonds is 7. The molecule has 1 atom stereocenters. The number of carboxylic acids is 1. The Morgan fingerprint density at radius 3 is 2.45 bits per heavy atom. The van der Waals surface area contributed by atoms with Crippen molar-refractivity contribution < 1.29 is 19.4 Å². The molecule has 5 rings (SSSR count). The van der Waals surface area contributed by atoms with E-state index in [4.69, 9.17) is 31.5 Å². The maximum absolute atomic E-state index is 13.2. The molecular formula is C30H26ClN3O4. The number of benzene rings is 3. The largest absolute Gasteiger partial charge is 0.497 e. The molecule has 0 bridgehead atoms. The number of halogens is 1. The summed E-state index contributed by atoms with van der Waals surface area (Å²) in [6.07, 6.45) is 0.0360. The van der Waals surface area contributed by atoms with Gasteiger partial charge in [0.1, 0.15) is 5.75 Å². The van der Waals surface area contributed by atoms with Gasteiger partial charge in [0.25, 0.3) is 0 Å². The van der Waals surface area contributed by atoms with Gasteiger partial charge >= 0.3 is 5.97 Å². The van der Waals surface area contributed by atoms with Crippen molar-refractivity contribution in [1.82, 2.24) is 9.99 Å². The molecule has 1 unspecified atom stereocenters. The van der Waals surface area contributed by atoms with Crippen molar-refractivity contribution in [1.29, 1.82) is 0 Å². The minimum absolute atomic E-state index is 0.144. The van der Waals surface area contributed by atoms with Gasteiger partial charge in [0.05, 0.1) is 30.8 Å². The molecule has 0 fully saturated rings. The lowest BCUT2D eigenvalue weighted by Gasteiger charge is -2.22. The number of carbonyl (C=O) groups excluding carboxylic acids is 1. The molecule has 0 aliphatic carbocycles. The third-order valence-electron chi connectivity index (χ3n) is 6.70. The van der Waals surface area contributed by atoms with Gasteiger partial charge < -0.3 is 9.84 Å². The van der Waals surface area contributed by atoms with Gasteiger partial charge in [-0.3, -0.25) is 14.6 Å². The van der Waals surface area contributed by atoms with E-state index in [9.17, 15) is 9.59 Å². The van der Waals surface area contributed by atoms with Crippen LogP contribution in [0.2, 0.25) is 5.02 Å². The summed E-state index contributed by atoms with van der Waals surface area (Å²) in [5.74, 6) is -0.672. The number of pyridine rings is 1. The number of hydrogen-bond acceptors (Lipinski definition) is 5. The normalized spacial score (nSPS) is 15.0. The van der Waals surface area contributed by atoms with Crippen LogP contribution in [0.25, 0.3) is 22.0 Å². The Bertz CT molecular complexity index is 1550. The van der Waals surface area contributed by atoms with Gasteiger partial charge in [0.2, 0.25) is 5.91 Å². The number of nitrogens with zero attached hydrogens (tertiary/aromatic N) is 3. The number of hydrazone groups is 1. The molecule has 0 radical (unpaired) electrons. The summed E-state index contributed by atoms with van der Waals surface area (Å²) in [7, 11) is 1.60.